The standard InChI is InChI=1S/C25H31N3O4/c1-3-4-5-6-7-16-31-21-14-12-20(13-15-21)24-27-23(28-32-24)19-10-8-18(9-11-19)17-22(26-2)25(29)30/h8-15,22,26H,3-7,16-17H2,1-2H3,(H,29,30). The molecule has 0 fully saturated rings. The number of nitrogens with zero attached hydrogens (tertiary/aromatic N) is 2. The molecule has 0 spiro atoms. The van der Waals surface area contributed by atoms with Crippen LogP contribution in [-0.4, -0.2) is 40.9 Å². The molecular formula is C25H31N3O4. The molecule has 0 aliphatic rings. The highest BCUT2D eigenvalue weighted by molar-refractivity contribution is 5.74. The first-order valence-electron chi connectivity index (χ1n) is 11.2. The minimum Gasteiger partial charge on any atom is -0.494 e. The molecule has 2 aromatic carbocycles. The summed E-state index contributed by atoms with van der Waals surface area (Å²) in [6, 6.07) is 14.5. The number of carbonyl (C=O) groups is 1. The molecule has 1 heterocycles. The first-order valence-corrected chi connectivity index (χ1v) is 11.2. The van der Waals surface area contributed by atoms with E-state index >= 15 is 0 Å². The Morgan fingerprint density at radius 3 is 2.38 bits per heavy atom. The summed E-state index contributed by atoms with van der Waals surface area (Å²) in [6.45, 7) is 2.94. The minimum absolute atomic E-state index is 0.400. The number of hydrogen-bond donors (Lipinski definition) is 2. The summed E-state index contributed by atoms with van der Waals surface area (Å²) >= 11 is 0. The number of benzene rings is 2. The van der Waals surface area contributed by atoms with Crippen LogP contribution in [0.2, 0.25) is 0 Å². The first kappa shape index (κ1) is 23.5. The summed E-state index contributed by atoms with van der Waals surface area (Å²) in [5.74, 6) is 0.891. The van der Waals surface area contributed by atoms with Gasteiger partial charge in [0.1, 0.15) is 11.8 Å². The third-order valence-corrected chi connectivity index (χ3v) is 5.34. The number of carboxylic acids is 1. The number of ether oxygens (including phenoxy) is 1. The zero-order valence-corrected chi connectivity index (χ0v) is 18.7. The maximum atomic E-state index is 11.2. The molecule has 0 amide bonds. The predicted molar refractivity (Wildman–Crippen MR) is 124 cm³/mol. The zero-order valence-electron chi connectivity index (χ0n) is 18.7. The maximum absolute atomic E-state index is 11.2. The van der Waals surface area contributed by atoms with Gasteiger partial charge in [-0.2, -0.15) is 4.98 Å². The molecule has 7 heteroatoms. The molecule has 170 valence electrons. The van der Waals surface area contributed by atoms with Crippen molar-refractivity contribution in [1.82, 2.24) is 15.5 Å². The molecule has 7 nitrogen and oxygen atoms in total. The van der Waals surface area contributed by atoms with Crippen molar-refractivity contribution in [3.05, 3.63) is 54.1 Å². The van der Waals surface area contributed by atoms with Gasteiger partial charge in [0.05, 0.1) is 6.61 Å². The Morgan fingerprint density at radius 1 is 1.03 bits per heavy atom. The molecule has 32 heavy (non-hydrogen) atoms. The van der Waals surface area contributed by atoms with Crippen molar-refractivity contribution in [2.75, 3.05) is 13.7 Å². The van der Waals surface area contributed by atoms with Gasteiger partial charge in [-0.25, -0.2) is 0 Å². The largest absolute Gasteiger partial charge is 0.494 e. The van der Waals surface area contributed by atoms with Gasteiger partial charge in [0.2, 0.25) is 5.82 Å². The number of aliphatic carboxylic acids is 1. The monoisotopic (exact) mass is 437 g/mol. The Labute approximate surface area is 188 Å². The topological polar surface area (TPSA) is 97.5 Å². The van der Waals surface area contributed by atoms with Gasteiger partial charge >= 0.3 is 5.97 Å². The van der Waals surface area contributed by atoms with Crippen molar-refractivity contribution >= 4 is 5.97 Å². The van der Waals surface area contributed by atoms with Crippen LogP contribution in [0.5, 0.6) is 5.75 Å². The summed E-state index contributed by atoms with van der Waals surface area (Å²) in [6.07, 6.45) is 6.46. The summed E-state index contributed by atoms with van der Waals surface area (Å²) in [7, 11) is 1.64. The van der Waals surface area contributed by atoms with Gasteiger partial charge in [-0.05, 0) is 49.7 Å². The molecule has 1 unspecified atom stereocenters. The van der Waals surface area contributed by atoms with E-state index in [0.717, 1.165) is 35.5 Å². The van der Waals surface area contributed by atoms with E-state index in [1.807, 2.05) is 48.5 Å². The van der Waals surface area contributed by atoms with Gasteiger partial charge in [0.15, 0.2) is 0 Å². The van der Waals surface area contributed by atoms with Crippen LogP contribution in [0.15, 0.2) is 53.1 Å². The van der Waals surface area contributed by atoms with E-state index < -0.39 is 12.0 Å². The van der Waals surface area contributed by atoms with E-state index in [-0.39, 0.29) is 0 Å². The molecule has 0 saturated heterocycles. The molecule has 0 aliphatic carbocycles. The van der Waals surface area contributed by atoms with Gasteiger partial charge in [-0.3, -0.25) is 4.79 Å². The van der Waals surface area contributed by atoms with Crippen molar-refractivity contribution in [2.24, 2.45) is 0 Å². The summed E-state index contributed by atoms with van der Waals surface area (Å²) in [5.41, 5.74) is 2.55. The van der Waals surface area contributed by atoms with E-state index in [0.29, 0.717) is 18.1 Å². The second-order valence-electron chi connectivity index (χ2n) is 7.79. The number of likely N-dealkylation sites (N-methyl/N-ethyl adjacent to an activating group) is 1. The Hall–Kier alpha value is -3.19. The average Bonchev–Trinajstić information content (AvgIpc) is 3.30. The van der Waals surface area contributed by atoms with Gasteiger partial charge in [0.25, 0.3) is 5.89 Å². The van der Waals surface area contributed by atoms with Crippen LogP contribution in [0.3, 0.4) is 0 Å². The highest BCUT2D eigenvalue weighted by Gasteiger charge is 2.16. The molecule has 0 saturated carbocycles. The van der Waals surface area contributed by atoms with Crippen molar-refractivity contribution in [3.63, 3.8) is 0 Å². The van der Waals surface area contributed by atoms with Crippen molar-refractivity contribution < 1.29 is 19.2 Å². The average molecular weight is 438 g/mol. The maximum Gasteiger partial charge on any atom is 0.321 e. The lowest BCUT2D eigenvalue weighted by molar-refractivity contribution is -0.139. The first-order chi connectivity index (χ1) is 15.6. The fourth-order valence-corrected chi connectivity index (χ4v) is 3.39. The summed E-state index contributed by atoms with van der Waals surface area (Å²) in [5, 5.41) is 16.1. The van der Waals surface area contributed by atoms with Crippen LogP contribution in [-0.2, 0) is 11.2 Å². The molecule has 3 rings (SSSR count). The van der Waals surface area contributed by atoms with Gasteiger partial charge < -0.3 is 19.7 Å². The molecule has 1 aromatic heterocycles. The van der Waals surface area contributed by atoms with E-state index in [1.54, 1.807) is 7.05 Å². The van der Waals surface area contributed by atoms with Gasteiger partial charge in [0, 0.05) is 11.1 Å². The quantitative estimate of drug-likeness (QED) is 0.364. The predicted octanol–water partition coefficient (Wildman–Crippen LogP) is 4.97. The fourth-order valence-electron chi connectivity index (χ4n) is 3.39. The highest BCUT2D eigenvalue weighted by atomic mass is 16.5. The Bertz CT molecular complexity index is 968. The number of nitrogens with one attached hydrogen (secondary N) is 1. The van der Waals surface area contributed by atoms with Crippen LogP contribution in [0.4, 0.5) is 0 Å². The second kappa shape index (κ2) is 12.0. The summed E-state index contributed by atoms with van der Waals surface area (Å²) < 4.78 is 11.2. The van der Waals surface area contributed by atoms with E-state index in [9.17, 15) is 9.90 Å². The lowest BCUT2D eigenvalue weighted by Gasteiger charge is -2.10. The molecule has 1 atom stereocenters. The van der Waals surface area contributed by atoms with Crippen molar-refractivity contribution in [3.8, 4) is 28.6 Å². The van der Waals surface area contributed by atoms with Crippen LogP contribution in [0, 0.1) is 0 Å². The van der Waals surface area contributed by atoms with Crippen molar-refractivity contribution in [2.45, 2.75) is 51.5 Å². The van der Waals surface area contributed by atoms with Gasteiger partial charge in [-0.15, -0.1) is 0 Å². The second-order valence-corrected chi connectivity index (χ2v) is 7.79. The number of unbranched alkanes of at least 4 members (excludes halogenated alkanes) is 4. The van der Waals surface area contributed by atoms with E-state index in [2.05, 4.69) is 22.4 Å². The Kier molecular flexibility index (Phi) is 8.80. The Morgan fingerprint density at radius 2 is 1.72 bits per heavy atom. The van der Waals surface area contributed by atoms with Crippen LogP contribution >= 0.6 is 0 Å². The van der Waals surface area contributed by atoms with Gasteiger partial charge in [-0.1, -0.05) is 62.0 Å². The normalized spacial score (nSPS) is 11.9. The lowest BCUT2D eigenvalue weighted by Crippen LogP contribution is -2.35. The fraction of sp³-hybridized carbons (Fsp3) is 0.400. The molecule has 0 radical (unpaired) electrons. The van der Waals surface area contributed by atoms with Crippen LogP contribution in [0.25, 0.3) is 22.8 Å². The number of hydrogen-bond acceptors (Lipinski definition) is 6. The molecule has 2 N–H and O–H groups in total. The zero-order chi connectivity index (χ0) is 22.8. The third kappa shape index (κ3) is 6.65. The highest BCUT2D eigenvalue weighted by Crippen LogP contribution is 2.24. The third-order valence-electron chi connectivity index (χ3n) is 5.34. The van der Waals surface area contributed by atoms with Crippen molar-refractivity contribution in [1.29, 1.82) is 0 Å². The van der Waals surface area contributed by atoms with E-state index in [1.165, 1.54) is 25.7 Å². The molecule has 3 aromatic rings. The minimum atomic E-state index is -0.872. The molecule has 0 bridgehead atoms. The summed E-state index contributed by atoms with van der Waals surface area (Å²) in [4.78, 5) is 15.7. The smallest absolute Gasteiger partial charge is 0.321 e. The lowest BCUT2D eigenvalue weighted by atomic mass is 10.0. The van der Waals surface area contributed by atoms with Crippen LogP contribution in [0.1, 0.15) is 44.6 Å². The number of carboxylic acid groups (broad SMARTS) is 1. The number of aromatic nitrogens is 2. The number of rotatable bonds is 13. The SMILES string of the molecule is CCCCCCCOc1ccc(-c2nc(-c3ccc(CC(NC)C(=O)O)cc3)no2)cc1. The van der Waals surface area contributed by atoms with Crippen LogP contribution < -0.4 is 10.1 Å². The molecular weight excluding hydrogens is 406 g/mol. The Balaban J connectivity index is 1.56. The molecule has 0 aliphatic heterocycles. The van der Waals surface area contributed by atoms with E-state index in [4.69, 9.17) is 9.26 Å².